The van der Waals surface area contributed by atoms with Gasteiger partial charge in [0.25, 0.3) is 0 Å². The Morgan fingerprint density at radius 2 is 1.62 bits per heavy atom. The van der Waals surface area contributed by atoms with Crippen molar-refractivity contribution in [3.8, 4) is 17.1 Å². The minimum absolute atomic E-state index is 0.0581. The second kappa shape index (κ2) is 9.44. The fourth-order valence-corrected chi connectivity index (χ4v) is 3.93. The maximum absolute atomic E-state index is 14.7. The molecule has 164 valence electrons. The normalized spacial score (nSPS) is 13.0. The highest BCUT2D eigenvalue weighted by molar-refractivity contribution is 8.01. The van der Waals surface area contributed by atoms with Gasteiger partial charge < -0.3 is 0 Å². The van der Waals surface area contributed by atoms with Gasteiger partial charge in [-0.25, -0.2) is 8.78 Å². The average molecular weight is 453 g/mol. The first-order valence-electron chi connectivity index (χ1n) is 10.1. The van der Waals surface area contributed by atoms with E-state index in [1.807, 2.05) is 44.2 Å². The Morgan fingerprint density at radius 3 is 2.28 bits per heavy atom. The summed E-state index contributed by atoms with van der Waals surface area (Å²) < 4.78 is 33.9. The number of anilines is 1. The molecule has 0 amide bonds. The first-order chi connectivity index (χ1) is 15.5. The molecule has 0 spiro atoms. The Balaban J connectivity index is 1.66. The molecule has 2 heterocycles. The van der Waals surface area contributed by atoms with E-state index in [1.54, 1.807) is 12.4 Å². The maximum atomic E-state index is 14.7. The first kappa shape index (κ1) is 21.9. The van der Waals surface area contributed by atoms with Gasteiger partial charge in [0.2, 0.25) is 5.95 Å². The molecule has 0 bridgehead atoms. The highest BCUT2D eigenvalue weighted by atomic mass is 32.2. The van der Waals surface area contributed by atoms with Crippen LogP contribution in [-0.4, -0.2) is 30.0 Å². The number of hydrogen-bond donors (Lipinski definition) is 1. The molecular weight excluding hydrogens is 430 g/mol. The third-order valence-electron chi connectivity index (χ3n) is 5.16. The van der Waals surface area contributed by atoms with Crippen molar-refractivity contribution >= 4 is 17.9 Å². The van der Waals surface area contributed by atoms with Crippen LogP contribution >= 0.6 is 11.9 Å². The molecule has 0 aliphatic heterocycles. The number of hydrogen-bond acceptors (Lipinski definition) is 6. The molecule has 2 unspecified atom stereocenters. The highest BCUT2D eigenvalue weighted by Gasteiger charge is 2.23. The molecule has 6 nitrogen and oxygen atoms in total. The van der Waals surface area contributed by atoms with Gasteiger partial charge in [0, 0.05) is 29.1 Å². The van der Waals surface area contributed by atoms with Gasteiger partial charge >= 0.3 is 0 Å². The minimum atomic E-state index is -0.702. The Bertz CT molecular complexity index is 1180. The maximum Gasteiger partial charge on any atom is 0.239 e. The van der Waals surface area contributed by atoms with Gasteiger partial charge in [-0.1, -0.05) is 50.2 Å². The second-order valence-corrected chi connectivity index (χ2v) is 8.60. The lowest BCUT2D eigenvalue weighted by atomic mass is 10.1. The predicted octanol–water partition coefficient (Wildman–Crippen LogP) is 5.56. The average Bonchev–Trinajstić information content (AvgIpc) is 3.21. The van der Waals surface area contributed by atoms with Crippen LogP contribution < -0.4 is 4.72 Å². The molecule has 32 heavy (non-hydrogen) atoms. The zero-order valence-corrected chi connectivity index (χ0v) is 18.6. The molecule has 0 saturated heterocycles. The van der Waals surface area contributed by atoms with E-state index in [2.05, 4.69) is 31.8 Å². The van der Waals surface area contributed by atoms with Gasteiger partial charge in [0.1, 0.15) is 17.3 Å². The van der Waals surface area contributed by atoms with Crippen molar-refractivity contribution in [2.75, 3.05) is 4.72 Å². The Kier molecular flexibility index (Phi) is 6.45. The molecule has 1 N–H and O–H groups in total. The summed E-state index contributed by atoms with van der Waals surface area (Å²) in [6.07, 6.45) is 3.50. The van der Waals surface area contributed by atoms with Crippen molar-refractivity contribution in [2.45, 2.75) is 31.9 Å². The van der Waals surface area contributed by atoms with Crippen LogP contribution in [0.4, 0.5) is 14.7 Å². The quantitative estimate of drug-likeness (QED) is 0.370. The number of aryl methyl sites for hydroxylation is 1. The van der Waals surface area contributed by atoms with E-state index in [0.29, 0.717) is 11.4 Å². The van der Waals surface area contributed by atoms with Crippen molar-refractivity contribution in [2.24, 2.45) is 0 Å². The van der Waals surface area contributed by atoms with Crippen LogP contribution in [0, 0.1) is 18.6 Å². The lowest BCUT2D eigenvalue weighted by molar-refractivity contribution is 0.570. The second-order valence-electron chi connectivity index (χ2n) is 7.42. The Hall–Kier alpha value is -3.33. The molecule has 0 fully saturated rings. The summed E-state index contributed by atoms with van der Waals surface area (Å²) >= 11 is 1.38. The fourth-order valence-electron chi connectivity index (χ4n) is 3.16. The molecule has 4 aromatic rings. The van der Waals surface area contributed by atoms with Crippen molar-refractivity contribution < 1.29 is 8.78 Å². The third kappa shape index (κ3) is 4.47. The van der Waals surface area contributed by atoms with Gasteiger partial charge in [-0.2, -0.15) is 0 Å². The molecule has 2 aromatic heterocycles. The summed E-state index contributed by atoms with van der Waals surface area (Å²) in [7, 11) is 0. The molecule has 0 aliphatic carbocycles. The van der Waals surface area contributed by atoms with E-state index < -0.39 is 11.6 Å². The number of para-hydroxylation sites is 1. The molecule has 0 saturated carbocycles. The standard InChI is InChI=1S/C23H22F2N6S/c1-14-12-27-20(13-26-14)15(2)16(3)32-30-23-29-28-22(17-8-5-4-6-9-17)31(23)21-18(24)10-7-11-19(21)25/h4-13,15-16H,1-3H3,(H,29,30). The summed E-state index contributed by atoms with van der Waals surface area (Å²) in [4.78, 5) is 8.76. The van der Waals surface area contributed by atoms with Crippen LogP contribution in [0.5, 0.6) is 0 Å². The molecule has 2 atom stereocenters. The molecular formula is C23H22F2N6S. The summed E-state index contributed by atoms with van der Waals surface area (Å²) in [5.74, 6) is -0.761. The highest BCUT2D eigenvalue weighted by Crippen LogP contribution is 2.32. The number of nitrogens with one attached hydrogen (secondary N) is 1. The zero-order valence-electron chi connectivity index (χ0n) is 17.8. The van der Waals surface area contributed by atoms with Crippen molar-refractivity contribution in [1.82, 2.24) is 24.7 Å². The van der Waals surface area contributed by atoms with Gasteiger partial charge in [0.05, 0.1) is 11.4 Å². The lowest BCUT2D eigenvalue weighted by Gasteiger charge is -2.19. The zero-order chi connectivity index (χ0) is 22.7. The lowest BCUT2D eigenvalue weighted by Crippen LogP contribution is -2.14. The Morgan fingerprint density at radius 1 is 0.906 bits per heavy atom. The van der Waals surface area contributed by atoms with Gasteiger partial charge in [0.15, 0.2) is 5.82 Å². The minimum Gasteiger partial charge on any atom is -0.298 e. The van der Waals surface area contributed by atoms with Crippen LogP contribution in [0.25, 0.3) is 17.1 Å². The van der Waals surface area contributed by atoms with Crippen molar-refractivity contribution in [1.29, 1.82) is 0 Å². The molecule has 2 aromatic carbocycles. The Labute approximate surface area is 189 Å². The van der Waals surface area contributed by atoms with E-state index in [1.165, 1.54) is 34.7 Å². The monoisotopic (exact) mass is 452 g/mol. The smallest absolute Gasteiger partial charge is 0.239 e. The molecule has 0 aliphatic rings. The number of rotatable bonds is 7. The number of halogens is 2. The number of benzene rings is 2. The molecule has 4 rings (SSSR count). The van der Waals surface area contributed by atoms with Crippen LogP contribution in [-0.2, 0) is 0 Å². The van der Waals surface area contributed by atoms with E-state index in [9.17, 15) is 8.78 Å². The summed E-state index contributed by atoms with van der Waals surface area (Å²) in [5.41, 5.74) is 2.18. The van der Waals surface area contributed by atoms with Crippen LogP contribution in [0.2, 0.25) is 0 Å². The topological polar surface area (TPSA) is 68.5 Å². The largest absolute Gasteiger partial charge is 0.298 e. The SMILES string of the molecule is Cc1cnc(C(C)C(C)SNc2nnc(-c3ccccc3)n2-c2c(F)cccc2F)cn1. The number of nitrogens with zero attached hydrogens (tertiary/aromatic N) is 5. The van der Waals surface area contributed by atoms with Crippen molar-refractivity contribution in [3.05, 3.63) is 83.9 Å². The first-order valence-corrected chi connectivity index (χ1v) is 11.0. The summed E-state index contributed by atoms with van der Waals surface area (Å²) in [6, 6.07) is 12.9. The number of aromatic nitrogens is 5. The van der Waals surface area contributed by atoms with Gasteiger partial charge in [-0.3, -0.25) is 19.3 Å². The van der Waals surface area contributed by atoms with Gasteiger partial charge in [-0.05, 0) is 31.0 Å². The van der Waals surface area contributed by atoms with Crippen LogP contribution in [0.1, 0.15) is 31.2 Å². The fraction of sp³-hybridized carbons (Fsp3) is 0.217. The van der Waals surface area contributed by atoms with Crippen LogP contribution in [0.3, 0.4) is 0 Å². The van der Waals surface area contributed by atoms with E-state index in [0.717, 1.165) is 11.4 Å². The molecule has 9 heteroatoms. The van der Waals surface area contributed by atoms with Crippen molar-refractivity contribution in [3.63, 3.8) is 0 Å². The third-order valence-corrected chi connectivity index (χ3v) is 6.24. The molecule has 0 radical (unpaired) electrons. The van der Waals surface area contributed by atoms with E-state index in [4.69, 9.17) is 0 Å². The van der Waals surface area contributed by atoms with E-state index >= 15 is 0 Å². The summed E-state index contributed by atoms with van der Waals surface area (Å²) in [5, 5.41) is 8.46. The summed E-state index contributed by atoms with van der Waals surface area (Å²) in [6.45, 7) is 5.97. The predicted molar refractivity (Wildman–Crippen MR) is 123 cm³/mol. The van der Waals surface area contributed by atoms with E-state index in [-0.39, 0.29) is 22.8 Å². The van der Waals surface area contributed by atoms with Crippen LogP contribution in [0.15, 0.2) is 60.9 Å². The van der Waals surface area contributed by atoms with Gasteiger partial charge in [-0.15, -0.1) is 10.2 Å².